The molecule has 5 rings (SSSR count). The molecule has 2 aliphatic heterocycles. The smallest absolute Gasteiger partial charge is 0.274 e. The van der Waals surface area contributed by atoms with E-state index in [1.165, 1.54) is 22.9 Å². The summed E-state index contributed by atoms with van der Waals surface area (Å²) >= 11 is 3.03. The lowest BCUT2D eigenvalue weighted by molar-refractivity contribution is -0.113. The van der Waals surface area contributed by atoms with Gasteiger partial charge in [0.05, 0.1) is 29.2 Å². The Labute approximate surface area is 208 Å². The van der Waals surface area contributed by atoms with Gasteiger partial charge < -0.3 is 9.64 Å². The number of amides is 1. The molecule has 1 saturated heterocycles. The molecule has 0 atom stereocenters. The van der Waals surface area contributed by atoms with Crippen molar-refractivity contribution in [3.05, 3.63) is 87.3 Å². The van der Waals surface area contributed by atoms with E-state index in [1.807, 2.05) is 62.5 Å². The third kappa shape index (κ3) is 3.99. The first-order valence-corrected chi connectivity index (χ1v) is 12.6. The maximum atomic E-state index is 13.8. The summed E-state index contributed by atoms with van der Waals surface area (Å²) in [6.45, 7) is 6.20. The first kappa shape index (κ1) is 22.6. The first-order valence-electron chi connectivity index (χ1n) is 10.9. The summed E-state index contributed by atoms with van der Waals surface area (Å²) in [5, 5.41) is 1.56. The molecule has 0 unspecified atom stereocenters. The third-order valence-electron chi connectivity index (χ3n) is 6.02. The van der Waals surface area contributed by atoms with Crippen molar-refractivity contribution in [1.82, 2.24) is 0 Å². The molecule has 7 heteroatoms. The number of anilines is 2. The molecule has 2 aliphatic rings. The molecule has 0 aliphatic carbocycles. The molecule has 0 aromatic heterocycles. The van der Waals surface area contributed by atoms with Gasteiger partial charge in [0, 0.05) is 18.0 Å². The van der Waals surface area contributed by atoms with Gasteiger partial charge in [0.15, 0.2) is 5.17 Å². The fraction of sp³-hybridized carbons (Fsp3) is 0.185. The van der Waals surface area contributed by atoms with Crippen LogP contribution in [0.5, 0.6) is 5.75 Å². The number of aryl methyl sites for hydroxylation is 3. The number of nitrogens with zero attached hydrogens (tertiary/aromatic N) is 3. The second-order valence-corrected chi connectivity index (χ2v) is 10.4. The molecule has 1 amide bonds. The Morgan fingerprint density at radius 1 is 0.882 bits per heavy atom. The maximum absolute atomic E-state index is 13.8. The molecule has 0 spiro atoms. The van der Waals surface area contributed by atoms with Crippen molar-refractivity contribution in [2.45, 2.75) is 25.7 Å². The van der Waals surface area contributed by atoms with Crippen molar-refractivity contribution in [1.29, 1.82) is 0 Å². The van der Waals surface area contributed by atoms with Crippen molar-refractivity contribution in [2.24, 2.45) is 4.99 Å². The van der Waals surface area contributed by atoms with Crippen molar-refractivity contribution in [2.75, 3.05) is 24.0 Å². The number of amidine groups is 1. The zero-order chi connectivity index (χ0) is 24.0. The Bertz CT molecular complexity index is 1360. The number of carbonyl (C=O) groups excluding carboxylic acids is 1. The molecule has 3 aromatic carbocycles. The highest BCUT2D eigenvalue weighted by Crippen LogP contribution is 2.51. The fourth-order valence-corrected chi connectivity index (χ4v) is 6.18. The zero-order valence-corrected chi connectivity index (χ0v) is 21.4. The number of methoxy groups -OCH3 is 1. The number of carbonyl (C=O) groups is 1. The van der Waals surface area contributed by atoms with Gasteiger partial charge in [-0.1, -0.05) is 35.5 Å². The second-order valence-electron chi connectivity index (χ2n) is 8.37. The summed E-state index contributed by atoms with van der Waals surface area (Å²) in [5.41, 5.74) is 6.21. The largest absolute Gasteiger partial charge is 0.497 e. The van der Waals surface area contributed by atoms with Gasteiger partial charge in [0.1, 0.15) is 10.7 Å². The van der Waals surface area contributed by atoms with Gasteiger partial charge in [0.25, 0.3) is 5.91 Å². The molecule has 172 valence electrons. The average molecular weight is 488 g/mol. The van der Waals surface area contributed by atoms with Crippen LogP contribution in [0, 0.1) is 20.8 Å². The summed E-state index contributed by atoms with van der Waals surface area (Å²) in [6, 6.07) is 20.1. The Morgan fingerprint density at radius 2 is 1.65 bits per heavy atom. The van der Waals surface area contributed by atoms with Crippen LogP contribution >= 0.6 is 23.5 Å². The van der Waals surface area contributed by atoms with Gasteiger partial charge in [0.2, 0.25) is 0 Å². The lowest BCUT2D eigenvalue weighted by Gasteiger charge is -2.17. The highest BCUT2D eigenvalue weighted by atomic mass is 32.2. The number of benzene rings is 3. The average Bonchev–Trinajstić information content (AvgIpc) is 3.32. The van der Waals surface area contributed by atoms with E-state index >= 15 is 0 Å². The molecule has 0 radical (unpaired) electrons. The minimum absolute atomic E-state index is 0.0643. The van der Waals surface area contributed by atoms with Crippen molar-refractivity contribution in [3.8, 4) is 5.75 Å². The topological polar surface area (TPSA) is 45.1 Å². The van der Waals surface area contributed by atoms with E-state index in [0.29, 0.717) is 10.1 Å². The van der Waals surface area contributed by atoms with E-state index < -0.39 is 0 Å². The summed E-state index contributed by atoms with van der Waals surface area (Å²) in [4.78, 5) is 24.3. The molecule has 34 heavy (non-hydrogen) atoms. The lowest BCUT2D eigenvalue weighted by atomic mass is 10.1. The molecular formula is C27H25N3O2S2. The predicted octanol–water partition coefficient (Wildman–Crippen LogP) is 6.80. The summed E-state index contributed by atoms with van der Waals surface area (Å²) < 4.78 is 5.40. The first-order chi connectivity index (χ1) is 16.4. The van der Waals surface area contributed by atoms with E-state index in [9.17, 15) is 4.79 Å². The van der Waals surface area contributed by atoms with Crippen LogP contribution in [0.4, 0.5) is 17.1 Å². The second kappa shape index (κ2) is 8.89. The van der Waals surface area contributed by atoms with E-state index in [4.69, 9.17) is 9.73 Å². The number of hydrogen-bond acceptors (Lipinski definition) is 6. The zero-order valence-electron chi connectivity index (χ0n) is 19.7. The Hall–Kier alpha value is -3.16. The van der Waals surface area contributed by atoms with Crippen LogP contribution in [0.2, 0.25) is 0 Å². The van der Waals surface area contributed by atoms with Crippen LogP contribution in [0.25, 0.3) is 0 Å². The maximum Gasteiger partial charge on any atom is 0.274 e. The van der Waals surface area contributed by atoms with Crippen LogP contribution in [0.3, 0.4) is 0 Å². The molecule has 1 fully saturated rings. The third-order valence-corrected chi connectivity index (χ3v) is 8.42. The minimum atomic E-state index is -0.0643. The molecule has 0 bridgehead atoms. The Morgan fingerprint density at radius 3 is 2.35 bits per heavy atom. The predicted molar refractivity (Wildman–Crippen MR) is 144 cm³/mol. The molecule has 5 nitrogen and oxygen atoms in total. The van der Waals surface area contributed by atoms with Crippen LogP contribution < -0.4 is 14.5 Å². The van der Waals surface area contributed by atoms with E-state index in [1.54, 1.807) is 23.8 Å². The molecule has 3 aromatic rings. The summed E-state index contributed by atoms with van der Waals surface area (Å²) in [7, 11) is 3.65. The van der Waals surface area contributed by atoms with Gasteiger partial charge in [-0.2, -0.15) is 0 Å². The molecule has 2 heterocycles. The van der Waals surface area contributed by atoms with Gasteiger partial charge in [-0.05, 0) is 80.1 Å². The highest BCUT2D eigenvalue weighted by molar-refractivity contribution is 8.20. The van der Waals surface area contributed by atoms with Crippen molar-refractivity contribution >= 4 is 51.7 Å². The summed E-state index contributed by atoms with van der Waals surface area (Å²) in [6.07, 6.45) is 0. The van der Waals surface area contributed by atoms with Crippen LogP contribution in [-0.4, -0.2) is 25.2 Å². The number of ether oxygens (including phenoxy) is 1. The molecule has 0 saturated carbocycles. The lowest BCUT2D eigenvalue weighted by Crippen LogP contribution is -2.29. The number of fused-ring (bicyclic) bond motifs is 1. The Balaban J connectivity index is 1.60. The van der Waals surface area contributed by atoms with Crippen LogP contribution in [-0.2, 0) is 4.79 Å². The quantitative estimate of drug-likeness (QED) is 0.380. The molecule has 0 N–H and O–H groups in total. The normalized spacial score (nSPS) is 18.7. The van der Waals surface area contributed by atoms with Gasteiger partial charge in [-0.3, -0.25) is 9.69 Å². The number of rotatable bonds is 3. The van der Waals surface area contributed by atoms with Gasteiger partial charge in [-0.15, -0.1) is 0 Å². The van der Waals surface area contributed by atoms with E-state index in [0.717, 1.165) is 38.3 Å². The van der Waals surface area contributed by atoms with Crippen LogP contribution in [0.15, 0.2) is 80.5 Å². The number of hydrogen-bond donors (Lipinski definition) is 0. The van der Waals surface area contributed by atoms with Crippen molar-refractivity contribution in [3.63, 3.8) is 0 Å². The van der Waals surface area contributed by atoms with Crippen LogP contribution in [0.1, 0.15) is 16.7 Å². The van der Waals surface area contributed by atoms with E-state index in [-0.39, 0.29) is 5.91 Å². The van der Waals surface area contributed by atoms with E-state index in [2.05, 4.69) is 30.9 Å². The standard InChI is InChI=1S/C27H25N3O2S2/c1-16-6-10-20(11-7-16)30-25(31)24(34-27(30)28-19-9-8-17(2)18(3)14-19)26-29(4)22-15-21(32-5)12-13-23(22)33-26/h6-15H,1-5H3/b26-24-,28-27?. The summed E-state index contributed by atoms with van der Waals surface area (Å²) in [5.74, 6) is 0.728. The number of aliphatic imine (C=N–C) groups is 1. The Kier molecular flexibility index (Phi) is 5.91. The monoisotopic (exact) mass is 487 g/mol. The minimum Gasteiger partial charge on any atom is -0.497 e. The molecular weight excluding hydrogens is 462 g/mol. The fourth-order valence-electron chi connectivity index (χ4n) is 3.86. The SMILES string of the molecule is COc1ccc2c(c1)N(C)/C(=C1/SC(=Nc3ccc(C)c(C)c3)N(c3ccc(C)cc3)C1=O)S2. The highest BCUT2D eigenvalue weighted by Gasteiger charge is 2.40. The van der Waals surface area contributed by atoms with Crippen molar-refractivity contribution < 1.29 is 9.53 Å². The van der Waals surface area contributed by atoms with Gasteiger partial charge >= 0.3 is 0 Å². The van der Waals surface area contributed by atoms with Gasteiger partial charge in [-0.25, -0.2) is 4.99 Å². The number of thioether (sulfide) groups is 2.